The summed E-state index contributed by atoms with van der Waals surface area (Å²) in [4.78, 5) is 0. The average molecular weight is 280 g/mol. The van der Waals surface area contributed by atoms with Crippen LogP contribution < -0.4 is 10.6 Å². The van der Waals surface area contributed by atoms with Gasteiger partial charge in [0.2, 0.25) is 0 Å². The fourth-order valence-electron chi connectivity index (χ4n) is 3.00. The lowest BCUT2D eigenvalue weighted by atomic mass is 9.95. The van der Waals surface area contributed by atoms with E-state index in [1.165, 1.54) is 49.2 Å². The minimum absolute atomic E-state index is 0.891. The van der Waals surface area contributed by atoms with Gasteiger partial charge in [-0.3, -0.25) is 0 Å². The molecule has 0 radical (unpaired) electrons. The smallest absolute Gasteiger partial charge is 0.0340 e. The van der Waals surface area contributed by atoms with E-state index in [1.807, 2.05) is 0 Å². The lowest BCUT2D eigenvalue weighted by molar-refractivity contribution is 0.361. The number of hydrogen-bond acceptors (Lipinski definition) is 2. The molecule has 2 N–H and O–H groups in total. The quantitative estimate of drug-likeness (QED) is 0.859. The van der Waals surface area contributed by atoms with E-state index in [0.29, 0.717) is 0 Å². The minimum Gasteiger partial charge on any atom is -0.385 e. The highest BCUT2D eigenvalue weighted by molar-refractivity contribution is 5.65. The van der Waals surface area contributed by atoms with Crippen molar-refractivity contribution in [2.45, 2.75) is 19.3 Å². The first-order valence-corrected chi connectivity index (χ1v) is 8.02. The molecule has 1 fully saturated rings. The number of hydrogen-bond donors (Lipinski definition) is 2. The summed E-state index contributed by atoms with van der Waals surface area (Å²) in [6.45, 7) is 3.46. The van der Waals surface area contributed by atoms with Crippen molar-refractivity contribution < 1.29 is 0 Å². The monoisotopic (exact) mass is 280 g/mol. The summed E-state index contributed by atoms with van der Waals surface area (Å²) in [6.07, 6.45) is 3.94. The zero-order valence-corrected chi connectivity index (χ0v) is 12.5. The fraction of sp³-hybridized carbons (Fsp3) is 0.368. The van der Waals surface area contributed by atoms with Crippen LogP contribution >= 0.6 is 0 Å². The molecule has 0 aromatic heterocycles. The molecule has 21 heavy (non-hydrogen) atoms. The third-order valence-corrected chi connectivity index (χ3v) is 4.33. The third-order valence-electron chi connectivity index (χ3n) is 4.33. The standard InChI is InChI=1S/C19H24N2/c1-2-4-17(5-3-1)18-6-8-19(9-7-18)21-15-12-16-10-13-20-14-11-16/h1-9,16,20-21H,10-15H2. The first-order valence-electron chi connectivity index (χ1n) is 8.02. The summed E-state index contributed by atoms with van der Waals surface area (Å²) in [5.74, 6) is 0.891. The SMILES string of the molecule is c1ccc(-c2ccc(NCCC3CCNCC3)cc2)cc1. The van der Waals surface area contributed by atoms with Gasteiger partial charge in [-0.25, -0.2) is 0 Å². The second-order valence-electron chi connectivity index (χ2n) is 5.85. The number of rotatable bonds is 5. The molecule has 2 aromatic carbocycles. The molecule has 1 saturated heterocycles. The summed E-state index contributed by atoms with van der Waals surface area (Å²) in [5, 5.41) is 6.97. The summed E-state index contributed by atoms with van der Waals surface area (Å²) in [6, 6.07) is 19.3. The van der Waals surface area contributed by atoms with Crippen molar-refractivity contribution in [2.75, 3.05) is 25.0 Å². The van der Waals surface area contributed by atoms with Crippen LogP contribution in [-0.4, -0.2) is 19.6 Å². The van der Waals surface area contributed by atoms with Gasteiger partial charge in [0.25, 0.3) is 0 Å². The highest BCUT2D eigenvalue weighted by Crippen LogP contribution is 2.21. The molecule has 0 aliphatic carbocycles. The highest BCUT2D eigenvalue weighted by Gasteiger charge is 2.11. The van der Waals surface area contributed by atoms with Crippen LogP contribution in [0.5, 0.6) is 0 Å². The van der Waals surface area contributed by atoms with E-state index < -0.39 is 0 Å². The number of benzene rings is 2. The summed E-state index contributed by atoms with van der Waals surface area (Å²) in [5.41, 5.74) is 3.78. The molecule has 0 unspecified atom stereocenters. The van der Waals surface area contributed by atoms with Crippen LogP contribution in [0.1, 0.15) is 19.3 Å². The summed E-state index contributed by atoms with van der Waals surface area (Å²) < 4.78 is 0. The summed E-state index contributed by atoms with van der Waals surface area (Å²) >= 11 is 0. The van der Waals surface area contributed by atoms with Crippen LogP contribution in [0.4, 0.5) is 5.69 Å². The molecule has 1 heterocycles. The first kappa shape index (κ1) is 14.2. The maximum absolute atomic E-state index is 3.55. The van der Waals surface area contributed by atoms with Gasteiger partial charge in [-0.1, -0.05) is 42.5 Å². The van der Waals surface area contributed by atoms with Crippen molar-refractivity contribution >= 4 is 5.69 Å². The normalized spacial score (nSPS) is 15.8. The molecule has 2 aromatic rings. The second kappa shape index (κ2) is 7.28. The molecular formula is C19H24N2. The predicted molar refractivity (Wildman–Crippen MR) is 90.6 cm³/mol. The van der Waals surface area contributed by atoms with Gasteiger partial charge < -0.3 is 10.6 Å². The Balaban J connectivity index is 1.50. The van der Waals surface area contributed by atoms with E-state index in [0.717, 1.165) is 12.5 Å². The highest BCUT2D eigenvalue weighted by atomic mass is 14.9. The van der Waals surface area contributed by atoms with Crippen LogP contribution in [0.25, 0.3) is 11.1 Å². The van der Waals surface area contributed by atoms with Gasteiger partial charge in [0.15, 0.2) is 0 Å². The molecule has 0 amide bonds. The minimum atomic E-state index is 0.891. The molecular weight excluding hydrogens is 256 g/mol. The van der Waals surface area contributed by atoms with E-state index in [1.54, 1.807) is 0 Å². The van der Waals surface area contributed by atoms with Gasteiger partial charge in [-0.2, -0.15) is 0 Å². The predicted octanol–water partition coefficient (Wildman–Crippen LogP) is 4.16. The Morgan fingerprint density at radius 1 is 0.857 bits per heavy atom. The van der Waals surface area contributed by atoms with Crippen molar-refractivity contribution in [1.82, 2.24) is 5.32 Å². The van der Waals surface area contributed by atoms with Gasteiger partial charge in [-0.15, -0.1) is 0 Å². The molecule has 2 heteroatoms. The first-order chi connectivity index (χ1) is 10.4. The van der Waals surface area contributed by atoms with Crippen LogP contribution in [0.3, 0.4) is 0 Å². The van der Waals surface area contributed by atoms with Crippen LogP contribution in [0, 0.1) is 5.92 Å². The van der Waals surface area contributed by atoms with E-state index >= 15 is 0 Å². The Labute approximate surface area is 127 Å². The molecule has 0 spiro atoms. The van der Waals surface area contributed by atoms with E-state index in [-0.39, 0.29) is 0 Å². The Kier molecular flexibility index (Phi) is 4.90. The maximum Gasteiger partial charge on any atom is 0.0340 e. The second-order valence-corrected chi connectivity index (χ2v) is 5.85. The lowest BCUT2D eigenvalue weighted by Gasteiger charge is -2.22. The zero-order chi connectivity index (χ0) is 14.3. The topological polar surface area (TPSA) is 24.1 Å². The largest absolute Gasteiger partial charge is 0.385 e. The lowest BCUT2D eigenvalue weighted by Crippen LogP contribution is -2.28. The van der Waals surface area contributed by atoms with Crippen molar-refractivity contribution in [3.8, 4) is 11.1 Å². The van der Waals surface area contributed by atoms with Gasteiger partial charge in [0, 0.05) is 12.2 Å². The molecule has 110 valence electrons. The third kappa shape index (κ3) is 4.08. The van der Waals surface area contributed by atoms with E-state index in [2.05, 4.69) is 65.2 Å². The summed E-state index contributed by atoms with van der Waals surface area (Å²) in [7, 11) is 0. The molecule has 0 saturated carbocycles. The molecule has 3 rings (SSSR count). The van der Waals surface area contributed by atoms with Gasteiger partial charge in [-0.05, 0) is 61.5 Å². The molecule has 1 aliphatic heterocycles. The Morgan fingerprint density at radius 3 is 2.24 bits per heavy atom. The van der Waals surface area contributed by atoms with Crippen molar-refractivity contribution in [2.24, 2.45) is 5.92 Å². The molecule has 0 atom stereocenters. The van der Waals surface area contributed by atoms with Crippen LogP contribution in [0.15, 0.2) is 54.6 Å². The molecule has 1 aliphatic rings. The van der Waals surface area contributed by atoms with Gasteiger partial charge in [0.1, 0.15) is 0 Å². The van der Waals surface area contributed by atoms with E-state index in [9.17, 15) is 0 Å². The maximum atomic E-state index is 3.55. The van der Waals surface area contributed by atoms with Gasteiger partial charge >= 0.3 is 0 Å². The number of anilines is 1. The van der Waals surface area contributed by atoms with Crippen LogP contribution in [0.2, 0.25) is 0 Å². The van der Waals surface area contributed by atoms with Crippen molar-refractivity contribution in [1.29, 1.82) is 0 Å². The fourth-order valence-corrected chi connectivity index (χ4v) is 3.00. The number of nitrogens with one attached hydrogen (secondary N) is 2. The average Bonchev–Trinajstić information content (AvgIpc) is 2.57. The van der Waals surface area contributed by atoms with Crippen molar-refractivity contribution in [3.05, 3.63) is 54.6 Å². The van der Waals surface area contributed by atoms with Gasteiger partial charge in [0.05, 0.1) is 0 Å². The Hall–Kier alpha value is -1.80. The zero-order valence-electron chi connectivity index (χ0n) is 12.5. The van der Waals surface area contributed by atoms with Crippen LogP contribution in [-0.2, 0) is 0 Å². The molecule has 2 nitrogen and oxygen atoms in total. The Morgan fingerprint density at radius 2 is 1.52 bits per heavy atom. The Bertz CT molecular complexity index is 527. The van der Waals surface area contributed by atoms with E-state index in [4.69, 9.17) is 0 Å². The number of piperidine rings is 1. The van der Waals surface area contributed by atoms with Crippen molar-refractivity contribution in [3.63, 3.8) is 0 Å². The molecule has 0 bridgehead atoms.